The van der Waals surface area contributed by atoms with Crippen LogP contribution in [0.25, 0.3) is 0 Å². The largest absolute Gasteiger partial charge is 0.481 e. The first kappa shape index (κ1) is 15.0. The van der Waals surface area contributed by atoms with Gasteiger partial charge in [-0.2, -0.15) is 0 Å². The molecule has 0 aromatic heterocycles. The number of benzene rings is 2. The Kier molecular flexibility index (Phi) is 4.87. The van der Waals surface area contributed by atoms with Crippen LogP contribution in [0.4, 0.5) is 14.5 Å². The van der Waals surface area contributed by atoms with Crippen LogP contribution in [0.15, 0.2) is 48.5 Å². The zero-order chi connectivity index (χ0) is 15.2. The minimum atomic E-state index is -0.827. The molecule has 0 aliphatic heterocycles. The molecule has 0 bridgehead atoms. The van der Waals surface area contributed by atoms with E-state index in [9.17, 15) is 13.6 Å². The quantitative estimate of drug-likeness (QED) is 0.911. The Morgan fingerprint density at radius 3 is 2.29 bits per heavy atom. The molecule has 3 nitrogen and oxygen atoms in total. The van der Waals surface area contributed by atoms with Crippen LogP contribution in [0, 0.1) is 11.6 Å². The molecule has 0 heterocycles. The highest BCUT2D eigenvalue weighted by molar-refractivity contribution is 5.94. The van der Waals surface area contributed by atoms with Gasteiger partial charge < -0.3 is 10.1 Å². The zero-order valence-electron chi connectivity index (χ0n) is 11.5. The van der Waals surface area contributed by atoms with E-state index in [-0.39, 0.29) is 0 Å². The number of carbonyl (C=O) groups excluding carboxylic acids is 1. The Bertz CT molecular complexity index is 597. The van der Waals surface area contributed by atoms with Gasteiger partial charge in [0, 0.05) is 0 Å². The van der Waals surface area contributed by atoms with Gasteiger partial charge in [-0.3, -0.25) is 4.79 Å². The van der Waals surface area contributed by atoms with Crippen LogP contribution in [0.1, 0.15) is 13.3 Å². The number of anilines is 1. The molecule has 0 radical (unpaired) electrons. The first-order chi connectivity index (χ1) is 10.1. The maximum Gasteiger partial charge on any atom is 0.265 e. The van der Waals surface area contributed by atoms with E-state index in [0.29, 0.717) is 12.2 Å². The lowest BCUT2D eigenvalue weighted by atomic mass is 10.2. The second-order valence-corrected chi connectivity index (χ2v) is 4.41. The van der Waals surface area contributed by atoms with Crippen molar-refractivity contribution in [2.24, 2.45) is 0 Å². The number of para-hydroxylation sites is 2. The molecule has 0 spiro atoms. The topological polar surface area (TPSA) is 38.3 Å². The Morgan fingerprint density at radius 2 is 1.71 bits per heavy atom. The fourth-order valence-electron chi connectivity index (χ4n) is 1.81. The number of ether oxygens (including phenoxy) is 1. The van der Waals surface area contributed by atoms with Crippen molar-refractivity contribution in [2.75, 3.05) is 5.32 Å². The molecule has 21 heavy (non-hydrogen) atoms. The first-order valence-electron chi connectivity index (χ1n) is 6.58. The van der Waals surface area contributed by atoms with E-state index in [1.54, 1.807) is 31.2 Å². The van der Waals surface area contributed by atoms with Gasteiger partial charge in [-0.05, 0) is 30.7 Å². The Labute approximate surface area is 121 Å². The van der Waals surface area contributed by atoms with E-state index >= 15 is 0 Å². The molecular weight excluding hydrogens is 276 g/mol. The third-order valence-electron chi connectivity index (χ3n) is 2.90. The van der Waals surface area contributed by atoms with Crippen molar-refractivity contribution in [1.29, 1.82) is 0 Å². The number of rotatable bonds is 5. The molecule has 2 rings (SSSR count). The standard InChI is InChI=1S/C16H15F2NO2/c1-2-14(21-11-7-4-3-5-8-11)16(20)19-15-12(17)9-6-10-13(15)18/h3-10,14H,2H2,1H3,(H,19,20)/t14-/m0/s1. The first-order valence-corrected chi connectivity index (χ1v) is 6.58. The molecule has 0 unspecified atom stereocenters. The Balaban J connectivity index is 2.10. The lowest BCUT2D eigenvalue weighted by Crippen LogP contribution is -2.33. The molecule has 2 aromatic rings. The minimum Gasteiger partial charge on any atom is -0.481 e. The van der Waals surface area contributed by atoms with Crippen molar-refractivity contribution >= 4 is 11.6 Å². The second kappa shape index (κ2) is 6.83. The summed E-state index contributed by atoms with van der Waals surface area (Å²) in [5, 5.41) is 2.24. The molecule has 110 valence electrons. The van der Waals surface area contributed by atoms with Gasteiger partial charge in [0.15, 0.2) is 6.10 Å². The highest BCUT2D eigenvalue weighted by Crippen LogP contribution is 2.19. The van der Waals surface area contributed by atoms with E-state index in [1.807, 2.05) is 6.07 Å². The summed E-state index contributed by atoms with van der Waals surface area (Å²) in [6.45, 7) is 1.75. The van der Waals surface area contributed by atoms with Gasteiger partial charge in [0.25, 0.3) is 5.91 Å². The maximum atomic E-state index is 13.5. The van der Waals surface area contributed by atoms with Gasteiger partial charge in [-0.25, -0.2) is 8.78 Å². The van der Waals surface area contributed by atoms with Gasteiger partial charge >= 0.3 is 0 Å². The van der Waals surface area contributed by atoms with E-state index in [2.05, 4.69) is 5.32 Å². The summed E-state index contributed by atoms with van der Waals surface area (Å²) in [4.78, 5) is 12.1. The third kappa shape index (κ3) is 3.78. The summed E-state index contributed by atoms with van der Waals surface area (Å²) in [7, 11) is 0. The van der Waals surface area contributed by atoms with Crippen molar-refractivity contribution in [3.05, 3.63) is 60.2 Å². The van der Waals surface area contributed by atoms with Gasteiger partial charge in [0.2, 0.25) is 0 Å². The SMILES string of the molecule is CC[C@H](Oc1ccccc1)C(=O)Nc1c(F)cccc1F. The van der Waals surface area contributed by atoms with Gasteiger partial charge in [-0.1, -0.05) is 31.2 Å². The summed E-state index contributed by atoms with van der Waals surface area (Å²) >= 11 is 0. The summed E-state index contributed by atoms with van der Waals surface area (Å²) < 4.78 is 32.5. The highest BCUT2D eigenvalue weighted by atomic mass is 19.1. The van der Waals surface area contributed by atoms with Gasteiger partial charge in [-0.15, -0.1) is 0 Å². The summed E-state index contributed by atoms with van der Waals surface area (Å²) in [5.74, 6) is -1.71. The monoisotopic (exact) mass is 291 g/mol. The van der Waals surface area contributed by atoms with Crippen molar-refractivity contribution in [2.45, 2.75) is 19.4 Å². The van der Waals surface area contributed by atoms with Crippen molar-refractivity contribution in [3.8, 4) is 5.75 Å². The smallest absolute Gasteiger partial charge is 0.265 e. The van der Waals surface area contributed by atoms with Gasteiger partial charge in [0.1, 0.15) is 23.1 Å². The third-order valence-corrected chi connectivity index (χ3v) is 2.90. The average Bonchev–Trinajstić information content (AvgIpc) is 2.49. The molecule has 0 aliphatic carbocycles. The molecule has 0 aliphatic rings. The van der Waals surface area contributed by atoms with E-state index < -0.39 is 29.3 Å². The van der Waals surface area contributed by atoms with E-state index in [0.717, 1.165) is 12.1 Å². The molecule has 1 amide bonds. The summed E-state index contributed by atoms with van der Waals surface area (Å²) in [6, 6.07) is 12.2. The Morgan fingerprint density at radius 1 is 1.10 bits per heavy atom. The molecule has 2 aromatic carbocycles. The average molecular weight is 291 g/mol. The molecule has 0 fully saturated rings. The van der Waals surface area contributed by atoms with Gasteiger partial charge in [0.05, 0.1) is 0 Å². The lowest BCUT2D eigenvalue weighted by Gasteiger charge is -2.17. The molecular formula is C16H15F2NO2. The number of nitrogens with one attached hydrogen (secondary N) is 1. The minimum absolute atomic E-state index is 0.372. The van der Waals surface area contributed by atoms with E-state index in [1.165, 1.54) is 6.07 Å². The van der Waals surface area contributed by atoms with E-state index in [4.69, 9.17) is 4.74 Å². The summed E-state index contributed by atoms with van der Waals surface area (Å²) in [5.41, 5.74) is -0.461. The zero-order valence-corrected chi connectivity index (χ0v) is 11.5. The van der Waals surface area contributed by atoms with Crippen LogP contribution in [0.2, 0.25) is 0 Å². The molecule has 0 saturated heterocycles. The van der Waals surface area contributed by atoms with Crippen LogP contribution < -0.4 is 10.1 Å². The number of carbonyl (C=O) groups is 1. The maximum absolute atomic E-state index is 13.5. The second-order valence-electron chi connectivity index (χ2n) is 4.41. The van der Waals surface area contributed by atoms with Crippen molar-refractivity contribution < 1.29 is 18.3 Å². The fraction of sp³-hybridized carbons (Fsp3) is 0.188. The highest BCUT2D eigenvalue weighted by Gasteiger charge is 2.21. The lowest BCUT2D eigenvalue weighted by molar-refractivity contribution is -0.122. The predicted octanol–water partition coefficient (Wildman–Crippen LogP) is 3.76. The number of hydrogen-bond acceptors (Lipinski definition) is 2. The Hall–Kier alpha value is -2.43. The van der Waals surface area contributed by atoms with Crippen LogP contribution in [-0.2, 0) is 4.79 Å². The molecule has 1 atom stereocenters. The molecule has 5 heteroatoms. The van der Waals surface area contributed by atoms with Crippen molar-refractivity contribution in [3.63, 3.8) is 0 Å². The van der Waals surface area contributed by atoms with Crippen LogP contribution in [-0.4, -0.2) is 12.0 Å². The number of amides is 1. The summed E-state index contributed by atoms with van der Waals surface area (Å²) in [6.07, 6.45) is -0.456. The van der Waals surface area contributed by atoms with Crippen molar-refractivity contribution in [1.82, 2.24) is 0 Å². The molecule has 0 saturated carbocycles. The van der Waals surface area contributed by atoms with Crippen LogP contribution >= 0.6 is 0 Å². The van der Waals surface area contributed by atoms with Crippen LogP contribution in [0.5, 0.6) is 5.75 Å². The number of halogens is 2. The normalized spacial score (nSPS) is 11.8. The van der Waals surface area contributed by atoms with Crippen LogP contribution in [0.3, 0.4) is 0 Å². The molecule has 1 N–H and O–H groups in total. The fourth-order valence-corrected chi connectivity index (χ4v) is 1.81. The predicted molar refractivity (Wildman–Crippen MR) is 76.1 cm³/mol. The number of hydrogen-bond donors (Lipinski definition) is 1.